The number of nitrogens with one attached hydrogen (secondary N) is 1. The van der Waals surface area contributed by atoms with E-state index in [0.29, 0.717) is 23.1 Å². The molecule has 1 aliphatic heterocycles. The number of hydrogen-bond acceptors (Lipinski definition) is 4. The molecular weight excluding hydrogens is 357 g/mol. The molecule has 140 valence electrons. The Labute approximate surface area is 158 Å². The summed E-state index contributed by atoms with van der Waals surface area (Å²) in [5.74, 6) is 0.949. The predicted octanol–water partition coefficient (Wildman–Crippen LogP) is 4.34. The van der Waals surface area contributed by atoms with Crippen LogP contribution >= 0.6 is 11.6 Å². The third-order valence-corrected chi connectivity index (χ3v) is 4.73. The van der Waals surface area contributed by atoms with E-state index in [-0.39, 0.29) is 18.5 Å². The van der Waals surface area contributed by atoms with E-state index in [0.717, 1.165) is 37.1 Å². The van der Waals surface area contributed by atoms with Crippen LogP contribution in [-0.4, -0.2) is 26.4 Å². The van der Waals surface area contributed by atoms with Gasteiger partial charge in [-0.05, 0) is 31.0 Å². The maximum absolute atomic E-state index is 13.2. The minimum absolute atomic E-state index is 0.234. The van der Waals surface area contributed by atoms with E-state index in [1.165, 1.54) is 12.1 Å². The highest BCUT2D eigenvalue weighted by Gasteiger charge is 2.16. The van der Waals surface area contributed by atoms with Gasteiger partial charge in [0.1, 0.15) is 12.4 Å². The highest BCUT2D eigenvalue weighted by atomic mass is 35.5. The fourth-order valence-electron chi connectivity index (χ4n) is 2.99. The van der Waals surface area contributed by atoms with E-state index in [1.807, 2.05) is 18.2 Å². The SMILES string of the molecule is COc1cccc(CNC[C@@H]2CCCO2)c1OCc1ccc(F)cc1Cl. The average molecular weight is 380 g/mol. The van der Waals surface area contributed by atoms with Gasteiger partial charge < -0.3 is 19.5 Å². The molecule has 0 saturated carbocycles. The van der Waals surface area contributed by atoms with Crippen LogP contribution in [0.3, 0.4) is 0 Å². The fourth-order valence-corrected chi connectivity index (χ4v) is 3.21. The van der Waals surface area contributed by atoms with Crippen LogP contribution in [0, 0.1) is 5.82 Å². The fraction of sp³-hybridized carbons (Fsp3) is 0.400. The molecule has 0 radical (unpaired) electrons. The van der Waals surface area contributed by atoms with Crippen molar-refractivity contribution in [3.63, 3.8) is 0 Å². The molecule has 0 aromatic heterocycles. The number of benzene rings is 2. The van der Waals surface area contributed by atoms with E-state index < -0.39 is 0 Å². The molecule has 2 aromatic carbocycles. The lowest BCUT2D eigenvalue weighted by atomic mass is 10.1. The zero-order chi connectivity index (χ0) is 18.4. The number of halogens is 2. The smallest absolute Gasteiger partial charge is 0.166 e. The normalized spacial score (nSPS) is 16.7. The van der Waals surface area contributed by atoms with E-state index in [9.17, 15) is 4.39 Å². The van der Waals surface area contributed by atoms with Crippen LogP contribution in [0.2, 0.25) is 5.02 Å². The molecular formula is C20H23ClFNO3. The van der Waals surface area contributed by atoms with Crippen molar-refractivity contribution in [1.82, 2.24) is 5.32 Å². The summed E-state index contributed by atoms with van der Waals surface area (Å²) in [5.41, 5.74) is 1.71. The van der Waals surface area contributed by atoms with Crippen molar-refractivity contribution in [2.75, 3.05) is 20.3 Å². The second-order valence-electron chi connectivity index (χ2n) is 6.24. The van der Waals surface area contributed by atoms with Crippen LogP contribution in [0.1, 0.15) is 24.0 Å². The van der Waals surface area contributed by atoms with Crippen molar-refractivity contribution in [3.05, 3.63) is 58.4 Å². The molecule has 1 aliphatic rings. The predicted molar refractivity (Wildman–Crippen MR) is 99.4 cm³/mol. The summed E-state index contributed by atoms with van der Waals surface area (Å²) in [4.78, 5) is 0. The van der Waals surface area contributed by atoms with Crippen LogP contribution in [0.4, 0.5) is 4.39 Å². The van der Waals surface area contributed by atoms with Gasteiger partial charge >= 0.3 is 0 Å². The summed E-state index contributed by atoms with van der Waals surface area (Å²) in [6.07, 6.45) is 2.50. The Balaban J connectivity index is 1.67. The van der Waals surface area contributed by atoms with Crippen LogP contribution in [0.5, 0.6) is 11.5 Å². The first-order valence-electron chi connectivity index (χ1n) is 8.72. The molecule has 1 N–H and O–H groups in total. The Kier molecular flexibility index (Phi) is 6.72. The molecule has 0 amide bonds. The largest absolute Gasteiger partial charge is 0.493 e. The van der Waals surface area contributed by atoms with Crippen molar-refractivity contribution in [2.45, 2.75) is 32.1 Å². The summed E-state index contributed by atoms with van der Waals surface area (Å²) in [7, 11) is 1.61. The van der Waals surface area contributed by atoms with E-state index in [2.05, 4.69) is 5.32 Å². The Bertz CT molecular complexity index is 735. The second-order valence-corrected chi connectivity index (χ2v) is 6.65. The third-order valence-electron chi connectivity index (χ3n) is 4.38. The molecule has 0 spiro atoms. The van der Waals surface area contributed by atoms with Gasteiger partial charge in [-0.25, -0.2) is 4.39 Å². The molecule has 1 saturated heterocycles. The quantitative estimate of drug-likeness (QED) is 0.740. The summed E-state index contributed by atoms with van der Waals surface area (Å²) in [5, 5.41) is 3.76. The monoisotopic (exact) mass is 379 g/mol. The van der Waals surface area contributed by atoms with Crippen LogP contribution in [0.15, 0.2) is 36.4 Å². The summed E-state index contributed by atoms with van der Waals surface area (Å²) in [6, 6.07) is 10.1. The first kappa shape index (κ1) is 19.0. The van der Waals surface area contributed by atoms with E-state index in [1.54, 1.807) is 13.2 Å². The van der Waals surface area contributed by atoms with Crippen molar-refractivity contribution in [2.24, 2.45) is 0 Å². The maximum atomic E-state index is 13.2. The minimum atomic E-state index is -0.366. The minimum Gasteiger partial charge on any atom is -0.493 e. The zero-order valence-corrected chi connectivity index (χ0v) is 15.5. The van der Waals surface area contributed by atoms with Gasteiger partial charge in [0.2, 0.25) is 0 Å². The molecule has 0 unspecified atom stereocenters. The van der Waals surface area contributed by atoms with Gasteiger partial charge in [-0.1, -0.05) is 29.8 Å². The number of hydrogen-bond donors (Lipinski definition) is 1. The Hall–Kier alpha value is -1.82. The first-order chi connectivity index (χ1) is 12.7. The van der Waals surface area contributed by atoms with Gasteiger partial charge in [0, 0.05) is 30.8 Å². The van der Waals surface area contributed by atoms with Gasteiger partial charge in [0.05, 0.1) is 18.2 Å². The number of ether oxygens (including phenoxy) is 3. The van der Waals surface area contributed by atoms with Gasteiger partial charge in [-0.15, -0.1) is 0 Å². The summed E-state index contributed by atoms with van der Waals surface area (Å²) in [6.45, 7) is 2.53. The van der Waals surface area contributed by atoms with Crippen LogP contribution < -0.4 is 14.8 Å². The molecule has 6 heteroatoms. The Morgan fingerprint density at radius 3 is 2.88 bits per heavy atom. The second kappa shape index (κ2) is 9.21. The van der Waals surface area contributed by atoms with Gasteiger partial charge in [0.15, 0.2) is 11.5 Å². The molecule has 0 aliphatic carbocycles. The van der Waals surface area contributed by atoms with Gasteiger partial charge in [0.25, 0.3) is 0 Å². The number of methoxy groups -OCH3 is 1. The summed E-state index contributed by atoms with van der Waals surface area (Å²) < 4.78 is 30.2. The van der Waals surface area contributed by atoms with Crippen molar-refractivity contribution in [3.8, 4) is 11.5 Å². The molecule has 1 heterocycles. The van der Waals surface area contributed by atoms with E-state index in [4.69, 9.17) is 25.8 Å². The van der Waals surface area contributed by atoms with Gasteiger partial charge in [-0.3, -0.25) is 0 Å². The Morgan fingerprint density at radius 1 is 1.27 bits per heavy atom. The van der Waals surface area contributed by atoms with Crippen LogP contribution in [0.25, 0.3) is 0 Å². The third kappa shape index (κ3) is 4.87. The highest BCUT2D eigenvalue weighted by molar-refractivity contribution is 6.31. The first-order valence-corrected chi connectivity index (χ1v) is 9.10. The lowest BCUT2D eigenvalue weighted by Crippen LogP contribution is -2.26. The van der Waals surface area contributed by atoms with E-state index >= 15 is 0 Å². The van der Waals surface area contributed by atoms with Crippen molar-refractivity contribution in [1.29, 1.82) is 0 Å². The molecule has 1 fully saturated rings. The lowest BCUT2D eigenvalue weighted by molar-refractivity contribution is 0.110. The average Bonchev–Trinajstić information content (AvgIpc) is 3.15. The van der Waals surface area contributed by atoms with Crippen LogP contribution in [-0.2, 0) is 17.9 Å². The number of para-hydroxylation sites is 1. The number of rotatable bonds is 8. The maximum Gasteiger partial charge on any atom is 0.166 e. The topological polar surface area (TPSA) is 39.7 Å². The van der Waals surface area contributed by atoms with Crippen molar-refractivity contribution >= 4 is 11.6 Å². The van der Waals surface area contributed by atoms with Gasteiger partial charge in [-0.2, -0.15) is 0 Å². The highest BCUT2D eigenvalue weighted by Crippen LogP contribution is 2.32. The lowest BCUT2D eigenvalue weighted by Gasteiger charge is -2.17. The zero-order valence-electron chi connectivity index (χ0n) is 14.8. The van der Waals surface area contributed by atoms with Crippen molar-refractivity contribution < 1.29 is 18.6 Å². The summed E-state index contributed by atoms with van der Waals surface area (Å²) >= 11 is 6.09. The molecule has 3 rings (SSSR count). The Morgan fingerprint density at radius 2 is 2.15 bits per heavy atom. The molecule has 0 bridgehead atoms. The molecule has 4 nitrogen and oxygen atoms in total. The standard InChI is InChI=1S/C20H23ClFNO3/c1-24-19-6-2-4-14(11-23-12-17-5-3-9-25-17)20(19)26-13-15-7-8-16(22)10-18(15)21/h2,4,6-8,10,17,23H,3,5,9,11-13H2,1H3/t17-/m0/s1. The molecule has 1 atom stereocenters. The molecule has 2 aromatic rings. The molecule has 26 heavy (non-hydrogen) atoms.